The third-order valence-corrected chi connectivity index (χ3v) is 10.7. The minimum absolute atomic E-state index is 0. The molecule has 51 heavy (non-hydrogen) atoms. The third-order valence-electron chi connectivity index (χ3n) is 8.53. The van der Waals surface area contributed by atoms with E-state index in [1.54, 1.807) is 11.5 Å². The molecule has 3 unspecified atom stereocenters. The Morgan fingerprint density at radius 1 is 1.18 bits per heavy atom. The van der Waals surface area contributed by atoms with Crippen molar-refractivity contribution in [2.24, 2.45) is 4.99 Å². The molecule has 0 radical (unpaired) electrons. The first kappa shape index (κ1) is 39.4. The van der Waals surface area contributed by atoms with Crippen LogP contribution in [0.1, 0.15) is 42.1 Å². The number of aliphatic imine (C=N–C) groups is 1. The van der Waals surface area contributed by atoms with Crippen LogP contribution in [0.3, 0.4) is 0 Å². The van der Waals surface area contributed by atoms with Crippen molar-refractivity contribution in [1.82, 2.24) is 34.1 Å². The molecular formula is C29H34N8NaO11PS. The second-order valence-corrected chi connectivity index (χ2v) is 15.2. The van der Waals surface area contributed by atoms with Gasteiger partial charge < -0.3 is 44.1 Å². The Bertz CT molecular complexity index is 2060. The molecule has 0 spiro atoms. The number of aliphatic hydroxyl groups is 3. The Balaban J connectivity index is 0.00000504. The van der Waals surface area contributed by atoms with E-state index in [1.165, 1.54) is 38.4 Å². The molecule has 2 aliphatic rings. The maximum absolute atomic E-state index is 13.5. The number of ether oxygens (including phenoxy) is 3. The van der Waals surface area contributed by atoms with Gasteiger partial charge in [-0.05, 0) is 26.0 Å². The number of aryl methyl sites for hydroxylation is 1. The Labute approximate surface area is 316 Å². The fraction of sp³-hybridized carbons (Fsp3) is 0.483. The summed E-state index contributed by atoms with van der Waals surface area (Å²) < 4.78 is 25.9. The maximum atomic E-state index is 13.5. The van der Waals surface area contributed by atoms with Crippen LogP contribution in [-0.4, -0.2) is 111 Å². The molecule has 0 aromatic carbocycles. The summed E-state index contributed by atoms with van der Waals surface area (Å²) in [7, 11) is 1.32. The van der Waals surface area contributed by atoms with E-state index in [9.17, 15) is 34.9 Å². The number of aliphatic hydroxyl groups excluding tert-OH is 3. The summed E-state index contributed by atoms with van der Waals surface area (Å²) >= 11 is 5.34. The third kappa shape index (κ3) is 8.23. The van der Waals surface area contributed by atoms with Gasteiger partial charge in [0.2, 0.25) is 0 Å². The van der Waals surface area contributed by atoms with Gasteiger partial charge in [0.15, 0.2) is 23.2 Å². The normalized spacial score (nSPS) is 26.1. The minimum Gasteiger partial charge on any atom is -0.801 e. The van der Waals surface area contributed by atoms with Gasteiger partial charge in [-0.3, -0.25) is 23.9 Å². The molecule has 0 saturated carbocycles. The average molecular weight is 757 g/mol. The van der Waals surface area contributed by atoms with Gasteiger partial charge in [-0.2, -0.15) is 0 Å². The first-order valence-corrected chi connectivity index (χ1v) is 18.2. The Morgan fingerprint density at radius 2 is 1.96 bits per heavy atom. The largest absolute Gasteiger partial charge is 1.00 e. The molecule has 8 atom stereocenters. The molecule has 5 N–H and O–H groups in total. The van der Waals surface area contributed by atoms with Crippen molar-refractivity contribution < 1.29 is 73.6 Å². The zero-order chi connectivity index (χ0) is 35.7. The number of imidazole rings is 1. The number of aromatic nitrogens is 7. The number of nitrogens with one attached hydrogen (secondary N) is 1. The maximum Gasteiger partial charge on any atom is 1.00 e. The average Bonchev–Trinajstić information content (AvgIpc) is 3.79. The number of nitrogens with zero attached hydrogens (tertiary/aromatic N) is 7. The summed E-state index contributed by atoms with van der Waals surface area (Å²) in [6.07, 6.45) is -0.0122. The number of rotatable bonds is 12. The van der Waals surface area contributed by atoms with Gasteiger partial charge in [0, 0.05) is 49.3 Å². The van der Waals surface area contributed by atoms with E-state index in [1.807, 2.05) is 0 Å². The first-order valence-electron chi connectivity index (χ1n) is 15.4. The predicted octanol–water partition coefficient (Wildman–Crippen LogP) is -3.97. The first-order chi connectivity index (χ1) is 23.9. The smallest absolute Gasteiger partial charge is 0.801 e. The number of aromatic hydroxyl groups is 1. The van der Waals surface area contributed by atoms with Crippen molar-refractivity contribution in [2.45, 2.75) is 69.3 Å². The molecule has 2 saturated heterocycles. The van der Waals surface area contributed by atoms with Crippen LogP contribution in [0.4, 0.5) is 5.82 Å². The van der Waals surface area contributed by atoms with Crippen molar-refractivity contribution in [3.05, 3.63) is 68.8 Å². The van der Waals surface area contributed by atoms with Crippen molar-refractivity contribution in [3.8, 4) is 5.75 Å². The molecule has 6 heterocycles. The van der Waals surface area contributed by atoms with Crippen molar-refractivity contribution in [1.29, 1.82) is 0 Å². The number of pyridine rings is 1. The van der Waals surface area contributed by atoms with E-state index in [0.29, 0.717) is 22.4 Å². The van der Waals surface area contributed by atoms with Crippen LogP contribution < -0.4 is 45.7 Å². The molecule has 268 valence electrons. The summed E-state index contributed by atoms with van der Waals surface area (Å²) in [5, 5.41) is 41.0. The van der Waals surface area contributed by atoms with Gasteiger partial charge in [0.1, 0.15) is 36.6 Å². The van der Waals surface area contributed by atoms with Crippen LogP contribution >= 0.6 is 6.49 Å². The number of fused-ring (bicyclic) bond motifs is 1. The van der Waals surface area contributed by atoms with Gasteiger partial charge in [-0.1, -0.05) is 11.8 Å². The van der Waals surface area contributed by atoms with Crippen molar-refractivity contribution >= 4 is 41.5 Å². The molecule has 0 aliphatic carbocycles. The van der Waals surface area contributed by atoms with Gasteiger partial charge in [-0.25, -0.2) is 24.7 Å². The van der Waals surface area contributed by atoms with E-state index in [0.717, 1.165) is 10.6 Å². The van der Waals surface area contributed by atoms with Crippen molar-refractivity contribution in [3.63, 3.8) is 0 Å². The number of aromatic amines is 1. The summed E-state index contributed by atoms with van der Waals surface area (Å²) in [5.74, 6) is 0.0598. The van der Waals surface area contributed by atoms with E-state index < -0.39 is 67.3 Å². The molecule has 4 aromatic rings. The van der Waals surface area contributed by atoms with E-state index in [-0.39, 0.29) is 72.3 Å². The van der Waals surface area contributed by atoms with Crippen LogP contribution in [0.5, 0.6) is 5.75 Å². The SMILES string of the molecule is CO[C@H]1C(OP([O-])(=S)CC[C@H]2O[C@@H](n3cnc4c(N=Cc5c(CO)cnc(C)c5O)ncnc43)CC2O)[C@@H](CO)O[C@H]1n1ccc(=O)[nH]c1=O.[Na+]. The molecular weight excluding hydrogens is 722 g/mol. The molecule has 19 nitrogen and oxygen atoms in total. The zero-order valence-electron chi connectivity index (χ0n) is 27.7. The quantitative estimate of drug-likeness (QED) is 0.0524. The summed E-state index contributed by atoms with van der Waals surface area (Å²) in [6, 6.07) is 1.12. The van der Waals surface area contributed by atoms with Gasteiger partial charge in [0.05, 0.1) is 37.4 Å². The Morgan fingerprint density at radius 3 is 2.67 bits per heavy atom. The molecule has 22 heteroatoms. The second kappa shape index (κ2) is 16.5. The monoisotopic (exact) mass is 756 g/mol. The van der Waals surface area contributed by atoms with Crippen molar-refractivity contribution in [2.75, 3.05) is 19.9 Å². The number of methoxy groups -OCH3 is 1. The minimum atomic E-state index is -3.85. The summed E-state index contributed by atoms with van der Waals surface area (Å²) in [4.78, 5) is 60.9. The second-order valence-electron chi connectivity index (χ2n) is 11.7. The van der Waals surface area contributed by atoms with Gasteiger partial charge in [-0.15, -0.1) is 0 Å². The van der Waals surface area contributed by atoms with Crippen LogP contribution in [-0.2, 0) is 37.1 Å². The van der Waals surface area contributed by atoms with E-state index >= 15 is 0 Å². The Kier molecular flexibility index (Phi) is 12.7. The molecule has 2 fully saturated rings. The Hall–Kier alpha value is -2.82. The van der Waals surface area contributed by atoms with Crippen LogP contribution in [0.25, 0.3) is 11.2 Å². The summed E-state index contributed by atoms with van der Waals surface area (Å²) in [6.45, 7) is -3.16. The van der Waals surface area contributed by atoms with Crippen LogP contribution in [0.15, 0.2) is 45.7 Å². The number of H-pyrrole nitrogens is 1. The van der Waals surface area contributed by atoms with Gasteiger partial charge >= 0.3 is 35.2 Å². The standard InChI is InChI=1S/C29H35N8O11PS.Na/c1-14-23(42)16(15(10-38)8-30-14)9-31-26-22-27(33-12-32-26)37(13-34-22)21-7-17(40)18(46-21)4-6-49(44,50)48-24-19(11-39)47-28(25(24)45-2)36-5-3-20(41)35-29(36)43;/h3,5,8-9,12-13,17-19,21,24-25,28,38-40,42H,4,6-7,10-11H2,1-2H3,(H,44,50)(H,35,41,43);/q;+1/p-1/t17?,18-,19-,21-,24?,25+,28-,49?;/m1./s1. The summed E-state index contributed by atoms with van der Waals surface area (Å²) in [5.41, 5.74) is 0.308. The van der Waals surface area contributed by atoms with E-state index in [4.69, 9.17) is 30.5 Å². The molecule has 2 aliphatic heterocycles. The molecule has 0 amide bonds. The van der Waals surface area contributed by atoms with Gasteiger partial charge in [0.25, 0.3) is 5.56 Å². The van der Waals surface area contributed by atoms with Crippen LogP contribution in [0, 0.1) is 6.92 Å². The predicted molar refractivity (Wildman–Crippen MR) is 175 cm³/mol. The zero-order valence-corrected chi connectivity index (χ0v) is 31.4. The fourth-order valence-corrected chi connectivity index (χ4v) is 7.86. The number of hydrogen-bond donors (Lipinski definition) is 5. The number of hydrogen-bond acceptors (Lipinski definition) is 17. The van der Waals surface area contributed by atoms with E-state index in [2.05, 4.69) is 29.9 Å². The molecule has 6 rings (SSSR count). The fourth-order valence-electron chi connectivity index (χ4n) is 5.95. The van der Waals surface area contributed by atoms with Crippen LogP contribution in [0.2, 0.25) is 0 Å². The topological polar surface area (TPSA) is 265 Å². The molecule has 0 bridgehead atoms. The molecule has 4 aromatic heterocycles.